The molecule has 1 aromatic rings. The summed E-state index contributed by atoms with van der Waals surface area (Å²) in [6.45, 7) is 3.51. The van der Waals surface area contributed by atoms with Crippen molar-refractivity contribution in [2.24, 2.45) is 5.73 Å². The zero-order valence-corrected chi connectivity index (χ0v) is 13.1. The van der Waals surface area contributed by atoms with Crippen LogP contribution in [0.4, 0.5) is 5.69 Å². The van der Waals surface area contributed by atoms with Gasteiger partial charge < -0.3 is 16.4 Å². The van der Waals surface area contributed by atoms with Gasteiger partial charge in [0.2, 0.25) is 5.91 Å². The van der Waals surface area contributed by atoms with Gasteiger partial charge in [-0.2, -0.15) is 0 Å². The lowest BCUT2D eigenvalue weighted by Crippen LogP contribution is -2.43. The second-order valence-corrected chi connectivity index (χ2v) is 5.14. The van der Waals surface area contributed by atoms with E-state index in [4.69, 9.17) is 11.5 Å². The maximum Gasteiger partial charge on any atom is 0.256 e. The normalized spacial score (nSPS) is 9.89. The second kappa shape index (κ2) is 7.35. The molecule has 0 aliphatic rings. The van der Waals surface area contributed by atoms with E-state index in [9.17, 15) is 9.59 Å². The summed E-state index contributed by atoms with van der Waals surface area (Å²) in [4.78, 5) is 24.6. The van der Waals surface area contributed by atoms with E-state index in [1.165, 1.54) is 4.90 Å². The third kappa shape index (κ3) is 4.72. The molecule has 4 N–H and O–H groups in total. The van der Waals surface area contributed by atoms with Crippen LogP contribution in [0.3, 0.4) is 0 Å². The third-order valence-electron chi connectivity index (χ3n) is 2.45. The van der Waals surface area contributed by atoms with Gasteiger partial charge in [-0.15, -0.1) is 12.4 Å². The number of amides is 2. The number of rotatable bonds is 4. The van der Waals surface area contributed by atoms with E-state index >= 15 is 0 Å². The molecule has 0 aliphatic heterocycles. The molecule has 0 aliphatic carbocycles. The van der Waals surface area contributed by atoms with Crippen molar-refractivity contribution < 1.29 is 9.59 Å². The van der Waals surface area contributed by atoms with E-state index in [0.29, 0.717) is 11.3 Å². The second-order valence-electron chi connectivity index (χ2n) is 4.22. The Morgan fingerprint density at radius 1 is 1.37 bits per heavy atom. The SMILES string of the molecule is CC(C)N(CC(N)=O)C(=O)c1ccc(Br)cc1N.Cl. The number of carbonyl (C=O) groups is 2. The van der Waals surface area contributed by atoms with Gasteiger partial charge in [0.1, 0.15) is 0 Å². The van der Waals surface area contributed by atoms with Gasteiger partial charge in [-0.3, -0.25) is 9.59 Å². The highest BCUT2D eigenvalue weighted by molar-refractivity contribution is 9.10. The van der Waals surface area contributed by atoms with E-state index in [0.717, 1.165) is 4.47 Å². The zero-order chi connectivity index (χ0) is 13.9. The van der Waals surface area contributed by atoms with Crippen molar-refractivity contribution in [2.75, 3.05) is 12.3 Å². The van der Waals surface area contributed by atoms with Crippen LogP contribution in [0.1, 0.15) is 24.2 Å². The fourth-order valence-electron chi connectivity index (χ4n) is 1.54. The van der Waals surface area contributed by atoms with Crippen molar-refractivity contribution in [1.29, 1.82) is 0 Å². The largest absolute Gasteiger partial charge is 0.398 e. The fourth-order valence-corrected chi connectivity index (χ4v) is 1.92. The van der Waals surface area contributed by atoms with Crippen molar-refractivity contribution in [3.8, 4) is 0 Å². The van der Waals surface area contributed by atoms with Gasteiger partial charge in [-0.1, -0.05) is 15.9 Å². The zero-order valence-electron chi connectivity index (χ0n) is 10.7. The summed E-state index contributed by atoms with van der Waals surface area (Å²) in [5, 5.41) is 0. The Hall–Kier alpha value is -1.27. The summed E-state index contributed by atoms with van der Waals surface area (Å²) in [5.41, 5.74) is 11.7. The fraction of sp³-hybridized carbons (Fsp3) is 0.333. The average Bonchev–Trinajstić information content (AvgIpc) is 2.24. The van der Waals surface area contributed by atoms with Gasteiger partial charge in [0, 0.05) is 16.2 Å². The molecule has 0 radical (unpaired) electrons. The molecule has 0 heterocycles. The molecule has 0 aromatic heterocycles. The van der Waals surface area contributed by atoms with E-state index in [1.807, 2.05) is 13.8 Å². The molecule has 5 nitrogen and oxygen atoms in total. The van der Waals surface area contributed by atoms with E-state index in [2.05, 4.69) is 15.9 Å². The lowest BCUT2D eigenvalue weighted by molar-refractivity contribution is -0.119. The highest BCUT2D eigenvalue weighted by Gasteiger charge is 2.22. The lowest BCUT2D eigenvalue weighted by Gasteiger charge is -2.25. The highest BCUT2D eigenvalue weighted by Crippen LogP contribution is 2.20. The number of carbonyl (C=O) groups excluding carboxylic acids is 2. The molecule has 0 atom stereocenters. The van der Waals surface area contributed by atoms with Crippen LogP contribution in [0, 0.1) is 0 Å². The first-order valence-corrected chi connectivity index (χ1v) is 6.26. The number of halogens is 2. The minimum Gasteiger partial charge on any atom is -0.398 e. The molecule has 2 amide bonds. The van der Waals surface area contributed by atoms with Gasteiger partial charge in [0.15, 0.2) is 0 Å². The van der Waals surface area contributed by atoms with Crippen molar-refractivity contribution in [3.63, 3.8) is 0 Å². The average molecular weight is 351 g/mol. The van der Waals surface area contributed by atoms with Crippen LogP contribution < -0.4 is 11.5 Å². The maximum absolute atomic E-state index is 12.3. The number of hydrogen-bond donors (Lipinski definition) is 2. The van der Waals surface area contributed by atoms with Gasteiger partial charge in [-0.25, -0.2) is 0 Å². The number of nitrogen functional groups attached to an aromatic ring is 1. The standard InChI is InChI=1S/C12H16BrN3O2.ClH/c1-7(2)16(6-11(15)17)12(18)9-4-3-8(13)5-10(9)14;/h3-5,7H,6,14H2,1-2H3,(H2,15,17);1H. The minimum atomic E-state index is -0.548. The molecule has 1 aromatic carbocycles. The Labute approximate surface area is 126 Å². The van der Waals surface area contributed by atoms with Crippen molar-refractivity contribution in [3.05, 3.63) is 28.2 Å². The summed E-state index contributed by atoms with van der Waals surface area (Å²) in [6.07, 6.45) is 0. The number of hydrogen-bond acceptors (Lipinski definition) is 3. The summed E-state index contributed by atoms with van der Waals surface area (Å²) in [7, 11) is 0. The van der Waals surface area contributed by atoms with E-state index in [1.54, 1.807) is 18.2 Å². The molecule has 0 spiro atoms. The van der Waals surface area contributed by atoms with Crippen LogP contribution in [0.5, 0.6) is 0 Å². The summed E-state index contributed by atoms with van der Waals surface area (Å²) in [5.74, 6) is -0.846. The van der Waals surface area contributed by atoms with Crippen molar-refractivity contribution in [2.45, 2.75) is 19.9 Å². The Morgan fingerprint density at radius 2 is 1.95 bits per heavy atom. The van der Waals surface area contributed by atoms with Gasteiger partial charge in [0.05, 0.1) is 12.1 Å². The number of benzene rings is 1. The first kappa shape index (κ1) is 17.7. The van der Waals surface area contributed by atoms with Gasteiger partial charge in [0.25, 0.3) is 5.91 Å². The molecule has 106 valence electrons. The molecule has 0 fully saturated rings. The molecule has 1 rings (SSSR count). The predicted octanol–water partition coefficient (Wildman–Crippen LogP) is 1.79. The molecule has 0 saturated heterocycles. The van der Waals surface area contributed by atoms with Crippen LogP contribution in [-0.4, -0.2) is 29.3 Å². The van der Waals surface area contributed by atoms with Gasteiger partial charge >= 0.3 is 0 Å². The Balaban J connectivity index is 0.00000324. The van der Waals surface area contributed by atoms with Crippen LogP contribution >= 0.6 is 28.3 Å². The number of anilines is 1. The number of primary amides is 1. The Kier molecular flexibility index (Phi) is 6.86. The Morgan fingerprint density at radius 3 is 2.37 bits per heavy atom. The quantitative estimate of drug-likeness (QED) is 0.811. The van der Waals surface area contributed by atoms with Gasteiger partial charge in [-0.05, 0) is 32.0 Å². The topological polar surface area (TPSA) is 89.4 Å². The van der Waals surface area contributed by atoms with Crippen LogP contribution in [0.25, 0.3) is 0 Å². The highest BCUT2D eigenvalue weighted by atomic mass is 79.9. The maximum atomic E-state index is 12.3. The lowest BCUT2D eigenvalue weighted by atomic mass is 10.1. The monoisotopic (exact) mass is 349 g/mol. The molecular weight excluding hydrogens is 334 g/mol. The van der Waals surface area contributed by atoms with E-state index in [-0.39, 0.29) is 30.9 Å². The summed E-state index contributed by atoms with van der Waals surface area (Å²) in [6, 6.07) is 4.87. The third-order valence-corrected chi connectivity index (χ3v) is 2.95. The number of nitrogens with zero attached hydrogens (tertiary/aromatic N) is 1. The molecule has 7 heteroatoms. The molecule has 19 heavy (non-hydrogen) atoms. The number of nitrogens with two attached hydrogens (primary N) is 2. The van der Waals surface area contributed by atoms with E-state index < -0.39 is 5.91 Å². The molecule has 0 unspecified atom stereocenters. The molecule has 0 saturated carbocycles. The first-order valence-electron chi connectivity index (χ1n) is 5.47. The molecule has 0 bridgehead atoms. The smallest absolute Gasteiger partial charge is 0.256 e. The van der Waals surface area contributed by atoms with Crippen LogP contribution in [-0.2, 0) is 4.79 Å². The predicted molar refractivity (Wildman–Crippen MR) is 81.2 cm³/mol. The van der Waals surface area contributed by atoms with Crippen LogP contribution in [0.15, 0.2) is 22.7 Å². The summed E-state index contributed by atoms with van der Waals surface area (Å²) >= 11 is 3.27. The first-order chi connectivity index (χ1) is 8.32. The minimum absolute atomic E-state index is 0. The van der Waals surface area contributed by atoms with Crippen molar-refractivity contribution >= 4 is 45.8 Å². The van der Waals surface area contributed by atoms with Crippen LogP contribution in [0.2, 0.25) is 0 Å². The molecular formula is C12H17BrClN3O2. The van der Waals surface area contributed by atoms with Crippen molar-refractivity contribution in [1.82, 2.24) is 4.90 Å². The summed E-state index contributed by atoms with van der Waals surface area (Å²) < 4.78 is 0.794. The Bertz CT molecular complexity index is 480.